The summed E-state index contributed by atoms with van der Waals surface area (Å²) in [6.45, 7) is 0.745. The van der Waals surface area contributed by atoms with Crippen molar-refractivity contribution in [2.75, 3.05) is 12.4 Å². The Balaban J connectivity index is 2.02. The van der Waals surface area contributed by atoms with E-state index in [9.17, 15) is 0 Å². The Kier molecular flexibility index (Phi) is 4.11. The van der Waals surface area contributed by atoms with E-state index < -0.39 is 0 Å². The second-order valence-corrected chi connectivity index (χ2v) is 6.69. The first-order chi connectivity index (χ1) is 8.10. The summed E-state index contributed by atoms with van der Waals surface area (Å²) in [6, 6.07) is 3.96. The van der Waals surface area contributed by atoms with E-state index in [1.54, 1.807) is 23.1 Å². The van der Waals surface area contributed by atoms with Crippen LogP contribution in [0.15, 0.2) is 20.4 Å². The zero-order valence-electron chi connectivity index (χ0n) is 9.33. The molecule has 1 N–H and O–H groups in total. The SMILES string of the molecule is COc1cc(NCc2cc(Br)c(Br)s2)nn1C. The van der Waals surface area contributed by atoms with Gasteiger partial charge < -0.3 is 10.1 Å². The summed E-state index contributed by atoms with van der Waals surface area (Å²) in [5.41, 5.74) is 0. The van der Waals surface area contributed by atoms with Crippen molar-refractivity contribution in [2.24, 2.45) is 7.05 Å². The third kappa shape index (κ3) is 3.02. The maximum Gasteiger partial charge on any atom is 0.213 e. The number of thiophene rings is 1. The van der Waals surface area contributed by atoms with E-state index in [1.165, 1.54) is 4.88 Å². The van der Waals surface area contributed by atoms with Gasteiger partial charge in [-0.1, -0.05) is 0 Å². The third-order valence-electron chi connectivity index (χ3n) is 2.19. The topological polar surface area (TPSA) is 39.1 Å². The molecule has 0 bridgehead atoms. The predicted octanol–water partition coefficient (Wildman–Crippen LogP) is 3.63. The van der Waals surface area contributed by atoms with E-state index in [2.05, 4.69) is 48.3 Å². The smallest absolute Gasteiger partial charge is 0.213 e. The van der Waals surface area contributed by atoms with Crippen LogP contribution in [-0.4, -0.2) is 16.9 Å². The number of nitrogens with one attached hydrogen (secondary N) is 1. The standard InChI is InChI=1S/C10H11Br2N3OS/c1-15-9(16-2)4-8(14-15)13-5-6-3-7(11)10(12)17-6/h3-4H,5H2,1-2H3,(H,13,14). The summed E-state index contributed by atoms with van der Waals surface area (Å²) in [5.74, 6) is 1.55. The fourth-order valence-electron chi connectivity index (χ4n) is 1.38. The number of methoxy groups -OCH3 is 1. The van der Waals surface area contributed by atoms with Gasteiger partial charge in [-0.05, 0) is 37.9 Å². The van der Waals surface area contributed by atoms with Crippen LogP contribution in [0.2, 0.25) is 0 Å². The van der Waals surface area contributed by atoms with Crippen LogP contribution >= 0.6 is 43.2 Å². The number of ether oxygens (including phenoxy) is 1. The molecule has 2 aromatic heterocycles. The molecule has 2 heterocycles. The van der Waals surface area contributed by atoms with Crippen LogP contribution in [0.5, 0.6) is 5.88 Å². The summed E-state index contributed by atoms with van der Waals surface area (Å²) in [4.78, 5) is 1.23. The molecule has 2 aromatic rings. The maximum absolute atomic E-state index is 5.15. The number of nitrogens with zero attached hydrogens (tertiary/aromatic N) is 2. The van der Waals surface area contributed by atoms with Crippen molar-refractivity contribution in [3.8, 4) is 5.88 Å². The normalized spacial score (nSPS) is 10.6. The minimum atomic E-state index is 0.737. The summed E-state index contributed by atoms with van der Waals surface area (Å²) in [6.07, 6.45) is 0. The lowest BCUT2D eigenvalue weighted by atomic mass is 10.4. The number of anilines is 1. The molecule has 4 nitrogen and oxygen atoms in total. The van der Waals surface area contributed by atoms with E-state index in [4.69, 9.17) is 4.74 Å². The highest BCUT2D eigenvalue weighted by Gasteiger charge is 2.07. The van der Waals surface area contributed by atoms with Crippen LogP contribution < -0.4 is 10.1 Å². The average molecular weight is 381 g/mol. The first-order valence-corrected chi connectivity index (χ1v) is 7.26. The summed E-state index contributed by atoms with van der Waals surface area (Å²) < 4.78 is 9.03. The highest BCUT2D eigenvalue weighted by Crippen LogP contribution is 2.32. The van der Waals surface area contributed by atoms with Crippen LogP contribution in [0.3, 0.4) is 0 Å². The second-order valence-electron chi connectivity index (χ2n) is 3.38. The minimum Gasteiger partial charge on any atom is -0.481 e. The Labute approximate surface area is 120 Å². The van der Waals surface area contributed by atoms with E-state index >= 15 is 0 Å². The number of hydrogen-bond acceptors (Lipinski definition) is 4. The van der Waals surface area contributed by atoms with Gasteiger partial charge in [0.15, 0.2) is 5.82 Å². The molecule has 0 radical (unpaired) electrons. The van der Waals surface area contributed by atoms with E-state index in [0.717, 1.165) is 26.5 Å². The third-order valence-corrected chi connectivity index (χ3v) is 5.44. The maximum atomic E-state index is 5.15. The van der Waals surface area contributed by atoms with Crippen LogP contribution in [-0.2, 0) is 13.6 Å². The molecule has 0 aliphatic carbocycles. The first kappa shape index (κ1) is 12.9. The van der Waals surface area contributed by atoms with Gasteiger partial charge in [0, 0.05) is 22.5 Å². The summed E-state index contributed by atoms with van der Waals surface area (Å²) in [7, 11) is 3.48. The van der Waals surface area contributed by atoms with Gasteiger partial charge in [-0.3, -0.25) is 0 Å². The molecule has 0 aromatic carbocycles. The highest BCUT2D eigenvalue weighted by molar-refractivity contribution is 9.13. The van der Waals surface area contributed by atoms with Crippen molar-refractivity contribution in [3.63, 3.8) is 0 Å². The van der Waals surface area contributed by atoms with Crippen LogP contribution in [0.25, 0.3) is 0 Å². The Bertz CT molecular complexity index is 504. The molecule has 0 unspecified atom stereocenters. The number of rotatable bonds is 4. The number of aryl methyl sites for hydroxylation is 1. The van der Waals surface area contributed by atoms with Gasteiger partial charge in [0.2, 0.25) is 5.88 Å². The summed E-state index contributed by atoms with van der Waals surface area (Å²) >= 11 is 8.63. The first-order valence-electron chi connectivity index (χ1n) is 4.85. The van der Waals surface area contributed by atoms with E-state index in [0.29, 0.717) is 0 Å². The molecule has 0 spiro atoms. The van der Waals surface area contributed by atoms with Gasteiger partial charge in [-0.15, -0.1) is 11.3 Å². The monoisotopic (exact) mass is 379 g/mol. The lowest BCUT2D eigenvalue weighted by Gasteiger charge is -1.98. The Morgan fingerprint density at radius 1 is 1.47 bits per heavy atom. The fraction of sp³-hybridized carbons (Fsp3) is 0.300. The zero-order valence-corrected chi connectivity index (χ0v) is 13.3. The molecule has 92 valence electrons. The van der Waals surface area contributed by atoms with Crippen molar-refractivity contribution in [2.45, 2.75) is 6.54 Å². The van der Waals surface area contributed by atoms with Crippen LogP contribution in [0.1, 0.15) is 4.88 Å². The quantitative estimate of drug-likeness (QED) is 0.880. The molecule has 0 fully saturated rings. The highest BCUT2D eigenvalue weighted by atomic mass is 79.9. The van der Waals surface area contributed by atoms with Crippen molar-refractivity contribution >= 4 is 49.0 Å². The average Bonchev–Trinajstić information content (AvgIpc) is 2.80. The van der Waals surface area contributed by atoms with Crippen LogP contribution in [0.4, 0.5) is 5.82 Å². The van der Waals surface area contributed by atoms with E-state index in [1.807, 2.05) is 13.1 Å². The van der Waals surface area contributed by atoms with Crippen molar-refractivity contribution < 1.29 is 4.74 Å². The number of halogens is 2. The molecule has 0 aliphatic heterocycles. The molecule has 0 saturated carbocycles. The van der Waals surface area contributed by atoms with Gasteiger partial charge in [-0.2, -0.15) is 5.10 Å². The molecule has 0 aliphatic rings. The van der Waals surface area contributed by atoms with Gasteiger partial charge >= 0.3 is 0 Å². The Morgan fingerprint density at radius 2 is 2.24 bits per heavy atom. The molecule has 0 amide bonds. The van der Waals surface area contributed by atoms with Crippen molar-refractivity contribution in [3.05, 3.63) is 25.3 Å². The second kappa shape index (κ2) is 5.41. The predicted molar refractivity (Wildman–Crippen MR) is 76.8 cm³/mol. The molecule has 2 rings (SSSR count). The minimum absolute atomic E-state index is 0.737. The van der Waals surface area contributed by atoms with Gasteiger partial charge in [-0.25, -0.2) is 4.68 Å². The van der Waals surface area contributed by atoms with Gasteiger partial charge in [0.05, 0.1) is 17.4 Å². The lowest BCUT2D eigenvalue weighted by Crippen LogP contribution is -1.99. The largest absolute Gasteiger partial charge is 0.481 e. The zero-order chi connectivity index (χ0) is 12.4. The Morgan fingerprint density at radius 3 is 2.76 bits per heavy atom. The Hall–Kier alpha value is -0.530. The fourth-order valence-corrected chi connectivity index (χ4v) is 3.50. The molecular formula is C10H11Br2N3OS. The van der Waals surface area contributed by atoms with E-state index in [-0.39, 0.29) is 0 Å². The summed E-state index contributed by atoms with van der Waals surface area (Å²) in [5, 5.41) is 7.54. The van der Waals surface area contributed by atoms with Gasteiger partial charge in [0.1, 0.15) is 0 Å². The van der Waals surface area contributed by atoms with Gasteiger partial charge in [0.25, 0.3) is 0 Å². The van der Waals surface area contributed by atoms with Crippen molar-refractivity contribution in [1.82, 2.24) is 9.78 Å². The molecule has 0 saturated heterocycles. The molecule has 7 heteroatoms. The van der Waals surface area contributed by atoms with Crippen molar-refractivity contribution in [1.29, 1.82) is 0 Å². The molecule has 0 atom stereocenters. The molecule has 17 heavy (non-hydrogen) atoms. The number of aromatic nitrogens is 2. The lowest BCUT2D eigenvalue weighted by molar-refractivity contribution is 0.373. The number of hydrogen-bond donors (Lipinski definition) is 1. The molecular weight excluding hydrogens is 370 g/mol. The van der Waals surface area contributed by atoms with Crippen LogP contribution in [0, 0.1) is 0 Å².